The van der Waals surface area contributed by atoms with Crippen molar-refractivity contribution in [1.82, 2.24) is 15.1 Å². The summed E-state index contributed by atoms with van der Waals surface area (Å²) in [5, 5.41) is 7.86. The smallest absolute Gasteiger partial charge is 0.123 e. The molecule has 21 heavy (non-hydrogen) atoms. The van der Waals surface area contributed by atoms with Gasteiger partial charge in [-0.1, -0.05) is 18.2 Å². The highest BCUT2D eigenvalue weighted by Crippen LogP contribution is 2.28. The molecule has 2 heterocycles. The van der Waals surface area contributed by atoms with Crippen LogP contribution in [0.4, 0.5) is 0 Å². The maximum Gasteiger partial charge on any atom is 0.123 e. The standard InChI is InChI=1S/C16H21N3O2/c1-20-9-7-17-11-14-6-8-19(18-14)12-15-10-13-4-2-3-5-16(13)21-15/h2-6,8,15,17H,7,9-12H2,1H3. The highest BCUT2D eigenvalue weighted by molar-refractivity contribution is 5.37. The molecule has 5 nitrogen and oxygen atoms in total. The Morgan fingerprint density at radius 3 is 3.14 bits per heavy atom. The van der Waals surface area contributed by atoms with Crippen LogP contribution in [0.25, 0.3) is 0 Å². The summed E-state index contributed by atoms with van der Waals surface area (Å²) in [4.78, 5) is 0. The minimum atomic E-state index is 0.177. The second kappa shape index (κ2) is 6.74. The Morgan fingerprint density at radius 2 is 2.29 bits per heavy atom. The molecule has 0 bridgehead atoms. The van der Waals surface area contributed by atoms with E-state index in [0.29, 0.717) is 0 Å². The first-order chi connectivity index (χ1) is 10.3. The van der Waals surface area contributed by atoms with Crippen LogP contribution in [0.15, 0.2) is 36.5 Å². The van der Waals surface area contributed by atoms with E-state index in [-0.39, 0.29) is 6.10 Å². The second-order valence-electron chi connectivity index (χ2n) is 5.25. The Hall–Kier alpha value is -1.85. The number of ether oxygens (including phenoxy) is 2. The quantitative estimate of drug-likeness (QED) is 0.786. The molecule has 0 radical (unpaired) electrons. The molecular weight excluding hydrogens is 266 g/mol. The van der Waals surface area contributed by atoms with Crippen LogP contribution in [0.5, 0.6) is 5.75 Å². The zero-order chi connectivity index (χ0) is 14.5. The third-order valence-electron chi connectivity index (χ3n) is 3.59. The van der Waals surface area contributed by atoms with Crippen LogP contribution in [0.2, 0.25) is 0 Å². The molecule has 1 aliphatic heterocycles. The van der Waals surface area contributed by atoms with Crippen LogP contribution in [-0.4, -0.2) is 36.1 Å². The third-order valence-corrected chi connectivity index (χ3v) is 3.59. The summed E-state index contributed by atoms with van der Waals surface area (Å²) in [5.41, 5.74) is 2.33. The number of rotatable bonds is 7. The van der Waals surface area contributed by atoms with E-state index < -0.39 is 0 Å². The molecule has 1 N–H and O–H groups in total. The van der Waals surface area contributed by atoms with Gasteiger partial charge in [0.2, 0.25) is 0 Å². The molecule has 0 amide bonds. The van der Waals surface area contributed by atoms with Gasteiger partial charge in [0.15, 0.2) is 0 Å². The number of fused-ring (bicyclic) bond motifs is 1. The predicted octanol–water partition coefficient (Wildman–Crippen LogP) is 1.62. The summed E-state index contributed by atoms with van der Waals surface area (Å²) in [6, 6.07) is 10.3. The van der Waals surface area contributed by atoms with Crippen LogP contribution in [0.3, 0.4) is 0 Å². The Morgan fingerprint density at radius 1 is 1.38 bits per heavy atom. The summed E-state index contributed by atoms with van der Waals surface area (Å²) < 4.78 is 12.9. The average Bonchev–Trinajstić information content (AvgIpc) is 3.10. The number of hydrogen-bond acceptors (Lipinski definition) is 4. The Bertz CT molecular complexity index is 557. The zero-order valence-corrected chi connectivity index (χ0v) is 12.3. The van der Waals surface area contributed by atoms with Crippen molar-refractivity contribution in [2.45, 2.75) is 25.6 Å². The molecule has 112 valence electrons. The molecule has 1 unspecified atom stereocenters. The van der Waals surface area contributed by atoms with Gasteiger partial charge in [0.1, 0.15) is 11.9 Å². The van der Waals surface area contributed by atoms with Gasteiger partial charge >= 0.3 is 0 Å². The summed E-state index contributed by atoms with van der Waals surface area (Å²) in [5.74, 6) is 1.01. The largest absolute Gasteiger partial charge is 0.488 e. The summed E-state index contributed by atoms with van der Waals surface area (Å²) in [6.45, 7) is 3.11. The van der Waals surface area contributed by atoms with Gasteiger partial charge in [0.05, 0.1) is 18.8 Å². The van der Waals surface area contributed by atoms with Crippen molar-refractivity contribution in [2.24, 2.45) is 0 Å². The van der Waals surface area contributed by atoms with Crippen LogP contribution in [-0.2, 0) is 24.2 Å². The fraction of sp³-hybridized carbons (Fsp3) is 0.438. The van der Waals surface area contributed by atoms with Gasteiger partial charge in [-0.25, -0.2) is 0 Å². The highest BCUT2D eigenvalue weighted by atomic mass is 16.5. The van der Waals surface area contributed by atoms with Gasteiger partial charge < -0.3 is 14.8 Å². The Kier molecular flexibility index (Phi) is 4.52. The van der Waals surface area contributed by atoms with Crippen LogP contribution >= 0.6 is 0 Å². The zero-order valence-electron chi connectivity index (χ0n) is 12.3. The number of para-hydroxylation sites is 1. The predicted molar refractivity (Wildman–Crippen MR) is 80.4 cm³/mol. The van der Waals surface area contributed by atoms with E-state index in [1.165, 1.54) is 5.56 Å². The Labute approximate surface area is 124 Å². The lowest BCUT2D eigenvalue weighted by Gasteiger charge is -2.10. The van der Waals surface area contributed by atoms with E-state index in [4.69, 9.17) is 9.47 Å². The van der Waals surface area contributed by atoms with Crippen molar-refractivity contribution < 1.29 is 9.47 Å². The summed E-state index contributed by atoms with van der Waals surface area (Å²) >= 11 is 0. The number of hydrogen-bond donors (Lipinski definition) is 1. The Balaban J connectivity index is 1.49. The van der Waals surface area contributed by atoms with Crippen molar-refractivity contribution in [1.29, 1.82) is 0 Å². The lowest BCUT2D eigenvalue weighted by Crippen LogP contribution is -2.22. The molecule has 3 rings (SSSR count). The van der Waals surface area contributed by atoms with Gasteiger partial charge in [-0.3, -0.25) is 4.68 Å². The number of nitrogens with one attached hydrogen (secondary N) is 1. The van der Waals surface area contributed by atoms with Crippen LogP contribution < -0.4 is 10.1 Å². The first-order valence-corrected chi connectivity index (χ1v) is 7.31. The van der Waals surface area contributed by atoms with Gasteiger partial charge in [-0.15, -0.1) is 0 Å². The van der Waals surface area contributed by atoms with Crippen molar-refractivity contribution >= 4 is 0 Å². The van der Waals surface area contributed by atoms with Crippen molar-refractivity contribution in [3.05, 3.63) is 47.8 Å². The molecule has 0 fully saturated rings. The van der Waals surface area contributed by atoms with Gasteiger partial charge in [0, 0.05) is 32.8 Å². The molecule has 0 spiro atoms. The lowest BCUT2D eigenvalue weighted by molar-refractivity contribution is 0.198. The minimum absolute atomic E-state index is 0.177. The normalized spacial score (nSPS) is 16.7. The molecule has 0 aliphatic carbocycles. The number of methoxy groups -OCH3 is 1. The van der Waals surface area contributed by atoms with Crippen LogP contribution in [0, 0.1) is 0 Å². The summed E-state index contributed by atoms with van der Waals surface area (Å²) in [7, 11) is 1.70. The lowest BCUT2D eigenvalue weighted by atomic mass is 10.1. The van der Waals surface area contributed by atoms with Crippen molar-refractivity contribution in [3.8, 4) is 5.75 Å². The molecular formula is C16H21N3O2. The first kappa shape index (κ1) is 14.1. The van der Waals surface area contributed by atoms with E-state index >= 15 is 0 Å². The second-order valence-corrected chi connectivity index (χ2v) is 5.25. The molecule has 1 atom stereocenters. The number of benzene rings is 1. The van der Waals surface area contributed by atoms with Gasteiger partial charge in [-0.05, 0) is 17.7 Å². The molecule has 0 saturated heterocycles. The fourth-order valence-electron chi connectivity index (χ4n) is 2.55. The van der Waals surface area contributed by atoms with Crippen molar-refractivity contribution in [2.75, 3.05) is 20.3 Å². The fourth-order valence-corrected chi connectivity index (χ4v) is 2.55. The van der Waals surface area contributed by atoms with E-state index in [9.17, 15) is 0 Å². The molecule has 2 aromatic rings. The van der Waals surface area contributed by atoms with Crippen molar-refractivity contribution in [3.63, 3.8) is 0 Å². The highest BCUT2D eigenvalue weighted by Gasteiger charge is 2.22. The van der Waals surface area contributed by atoms with Gasteiger partial charge in [-0.2, -0.15) is 5.10 Å². The number of aromatic nitrogens is 2. The molecule has 1 aromatic carbocycles. The molecule has 1 aliphatic rings. The molecule has 0 saturated carbocycles. The summed E-state index contributed by atoms with van der Waals surface area (Å²) in [6.07, 6.45) is 3.15. The average molecular weight is 287 g/mol. The SMILES string of the molecule is COCCNCc1ccn(CC2Cc3ccccc3O2)n1. The van der Waals surface area contributed by atoms with E-state index in [0.717, 1.165) is 44.1 Å². The van der Waals surface area contributed by atoms with E-state index in [1.807, 2.05) is 29.1 Å². The van der Waals surface area contributed by atoms with E-state index in [1.54, 1.807) is 7.11 Å². The van der Waals surface area contributed by atoms with E-state index in [2.05, 4.69) is 22.5 Å². The monoisotopic (exact) mass is 287 g/mol. The van der Waals surface area contributed by atoms with Crippen LogP contribution in [0.1, 0.15) is 11.3 Å². The number of nitrogens with zero attached hydrogens (tertiary/aromatic N) is 2. The third kappa shape index (κ3) is 3.62. The minimum Gasteiger partial charge on any atom is -0.488 e. The van der Waals surface area contributed by atoms with Gasteiger partial charge in [0.25, 0.3) is 0 Å². The molecule has 5 heteroatoms. The maximum atomic E-state index is 5.94. The topological polar surface area (TPSA) is 48.3 Å². The maximum absolute atomic E-state index is 5.94. The molecule has 1 aromatic heterocycles. The first-order valence-electron chi connectivity index (χ1n) is 7.31.